The Kier molecular flexibility index (Phi) is 2.19. The van der Waals surface area contributed by atoms with Crippen LogP contribution in [-0.2, 0) is 4.79 Å². The van der Waals surface area contributed by atoms with Crippen molar-refractivity contribution in [1.29, 1.82) is 0 Å². The van der Waals surface area contributed by atoms with Gasteiger partial charge in [-0.1, -0.05) is 24.3 Å². The zero-order valence-corrected chi connectivity index (χ0v) is 7.52. The summed E-state index contributed by atoms with van der Waals surface area (Å²) in [7, 11) is 0. The summed E-state index contributed by atoms with van der Waals surface area (Å²) in [5.41, 5.74) is 5.69. The number of rotatable bonds is 1. The van der Waals surface area contributed by atoms with Gasteiger partial charge in [0.15, 0.2) is 0 Å². The number of hydrogen-bond acceptors (Lipinski definition) is 2. The Labute approximate surface area is 77.9 Å². The third-order valence-corrected chi connectivity index (χ3v) is 2.56. The quantitative estimate of drug-likeness (QED) is 0.586. The van der Waals surface area contributed by atoms with Gasteiger partial charge in [-0.15, -0.1) is 0 Å². The molecule has 70 valence electrons. The minimum absolute atomic E-state index is 0.0231. The average Bonchev–Trinajstić information content (AvgIpc) is 2.72. The number of nitrogens with two attached hydrogens (primary N) is 1. The van der Waals surface area contributed by atoms with E-state index >= 15 is 0 Å². The normalized spacial score (nSPS) is 31.6. The monoisotopic (exact) mass is 178 g/mol. The molecule has 2 aliphatic rings. The van der Waals surface area contributed by atoms with Crippen molar-refractivity contribution in [2.75, 3.05) is 13.1 Å². The standard InChI is InChI=1S/C10H14N2O/c11-9-4-3-8(7-9)10(13)12-5-1-2-6-12/h1-4,8-9H,5-7,11H2. The summed E-state index contributed by atoms with van der Waals surface area (Å²) in [5, 5.41) is 0. The Morgan fingerprint density at radius 2 is 2.00 bits per heavy atom. The van der Waals surface area contributed by atoms with Crippen LogP contribution in [0.15, 0.2) is 24.3 Å². The van der Waals surface area contributed by atoms with E-state index in [2.05, 4.69) is 0 Å². The van der Waals surface area contributed by atoms with Crippen LogP contribution in [0.1, 0.15) is 6.42 Å². The maximum Gasteiger partial charge on any atom is 0.230 e. The van der Waals surface area contributed by atoms with Gasteiger partial charge in [-0.2, -0.15) is 0 Å². The van der Waals surface area contributed by atoms with E-state index in [9.17, 15) is 4.79 Å². The lowest BCUT2D eigenvalue weighted by atomic mass is 10.1. The molecule has 0 bridgehead atoms. The molecule has 3 nitrogen and oxygen atoms in total. The molecule has 3 heteroatoms. The topological polar surface area (TPSA) is 46.3 Å². The van der Waals surface area contributed by atoms with Crippen LogP contribution in [0.2, 0.25) is 0 Å². The van der Waals surface area contributed by atoms with Gasteiger partial charge in [-0.3, -0.25) is 4.79 Å². The lowest BCUT2D eigenvalue weighted by Gasteiger charge is -2.19. The van der Waals surface area contributed by atoms with Crippen molar-refractivity contribution in [1.82, 2.24) is 4.90 Å². The van der Waals surface area contributed by atoms with Crippen LogP contribution in [0, 0.1) is 5.92 Å². The highest BCUT2D eigenvalue weighted by molar-refractivity contribution is 5.81. The number of hydrogen-bond donors (Lipinski definition) is 1. The van der Waals surface area contributed by atoms with E-state index in [-0.39, 0.29) is 17.9 Å². The Morgan fingerprint density at radius 1 is 1.31 bits per heavy atom. The van der Waals surface area contributed by atoms with Gasteiger partial charge in [-0.05, 0) is 6.42 Å². The highest BCUT2D eigenvalue weighted by Crippen LogP contribution is 2.19. The minimum Gasteiger partial charge on any atom is -0.335 e. The zero-order chi connectivity index (χ0) is 9.26. The van der Waals surface area contributed by atoms with Crippen LogP contribution in [0.5, 0.6) is 0 Å². The molecule has 1 heterocycles. The number of nitrogens with zero attached hydrogens (tertiary/aromatic N) is 1. The predicted molar refractivity (Wildman–Crippen MR) is 50.9 cm³/mol. The molecule has 1 amide bonds. The maximum atomic E-state index is 11.8. The average molecular weight is 178 g/mol. The molecule has 0 aromatic rings. The van der Waals surface area contributed by atoms with Gasteiger partial charge >= 0.3 is 0 Å². The predicted octanol–water partition coefficient (Wildman–Crippen LogP) is 0.288. The van der Waals surface area contributed by atoms with Gasteiger partial charge in [0, 0.05) is 19.1 Å². The summed E-state index contributed by atoms with van der Waals surface area (Å²) < 4.78 is 0. The SMILES string of the molecule is NC1C=CC(C(=O)N2CC=CC2)C1. The molecular weight excluding hydrogens is 164 g/mol. The van der Waals surface area contributed by atoms with Crippen molar-refractivity contribution in [3.63, 3.8) is 0 Å². The second kappa shape index (κ2) is 3.34. The van der Waals surface area contributed by atoms with Crippen molar-refractivity contribution in [2.24, 2.45) is 11.7 Å². The first-order valence-electron chi connectivity index (χ1n) is 4.65. The summed E-state index contributed by atoms with van der Waals surface area (Å²) in [4.78, 5) is 13.6. The second-order valence-electron chi connectivity index (χ2n) is 3.61. The molecule has 0 saturated heterocycles. The molecule has 0 saturated carbocycles. The fourth-order valence-electron chi connectivity index (χ4n) is 1.80. The Bertz CT molecular complexity index is 262. The molecule has 0 spiro atoms. The van der Waals surface area contributed by atoms with Crippen LogP contribution in [0.4, 0.5) is 0 Å². The summed E-state index contributed by atoms with van der Waals surface area (Å²) in [5.74, 6) is 0.240. The van der Waals surface area contributed by atoms with Gasteiger partial charge in [0.1, 0.15) is 0 Å². The summed E-state index contributed by atoms with van der Waals surface area (Å²) in [6.07, 6.45) is 8.68. The molecule has 1 aliphatic heterocycles. The third kappa shape index (κ3) is 1.65. The van der Waals surface area contributed by atoms with Gasteiger partial charge in [0.25, 0.3) is 0 Å². The lowest BCUT2D eigenvalue weighted by Crippen LogP contribution is -2.34. The molecule has 1 aliphatic carbocycles. The van der Waals surface area contributed by atoms with E-state index in [0.29, 0.717) is 0 Å². The highest BCUT2D eigenvalue weighted by atomic mass is 16.2. The van der Waals surface area contributed by atoms with Crippen molar-refractivity contribution in [2.45, 2.75) is 12.5 Å². The van der Waals surface area contributed by atoms with Crippen LogP contribution in [-0.4, -0.2) is 29.9 Å². The van der Waals surface area contributed by atoms with Crippen LogP contribution >= 0.6 is 0 Å². The Balaban J connectivity index is 1.94. The van der Waals surface area contributed by atoms with Gasteiger partial charge in [0.05, 0.1) is 5.92 Å². The maximum absolute atomic E-state index is 11.8. The second-order valence-corrected chi connectivity index (χ2v) is 3.61. The van der Waals surface area contributed by atoms with E-state index in [0.717, 1.165) is 19.5 Å². The summed E-state index contributed by atoms with van der Waals surface area (Å²) >= 11 is 0. The van der Waals surface area contributed by atoms with Gasteiger partial charge in [0.2, 0.25) is 5.91 Å². The van der Waals surface area contributed by atoms with Crippen LogP contribution < -0.4 is 5.73 Å². The van der Waals surface area contributed by atoms with Gasteiger partial charge in [-0.25, -0.2) is 0 Å². The molecule has 2 rings (SSSR count). The number of carbonyl (C=O) groups is 1. The summed E-state index contributed by atoms with van der Waals surface area (Å²) in [6, 6.07) is 0.0736. The lowest BCUT2D eigenvalue weighted by molar-refractivity contribution is -0.132. The van der Waals surface area contributed by atoms with Crippen LogP contribution in [0.3, 0.4) is 0 Å². The van der Waals surface area contributed by atoms with Gasteiger partial charge < -0.3 is 10.6 Å². The fourth-order valence-corrected chi connectivity index (χ4v) is 1.80. The van der Waals surface area contributed by atoms with Crippen molar-refractivity contribution in [3.8, 4) is 0 Å². The number of amides is 1. The van der Waals surface area contributed by atoms with Crippen LogP contribution in [0.25, 0.3) is 0 Å². The minimum atomic E-state index is 0.0231. The largest absolute Gasteiger partial charge is 0.335 e. The first-order chi connectivity index (χ1) is 6.27. The van der Waals surface area contributed by atoms with E-state index in [4.69, 9.17) is 5.73 Å². The summed E-state index contributed by atoms with van der Waals surface area (Å²) in [6.45, 7) is 1.52. The first-order valence-corrected chi connectivity index (χ1v) is 4.65. The molecule has 0 radical (unpaired) electrons. The third-order valence-electron chi connectivity index (χ3n) is 2.56. The van der Waals surface area contributed by atoms with E-state index < -0.39 is 0 Å². The fraction of sp³-hybridized carbons (Fsp3) is 0.500. The number of carbonyl (C=O) groups excluding carboxylic acids is 1. The van der Waals surface area contributed by atoms with Crippen molar-refractivity contribution in [3.05, 3.63) is 24.3 Å². The van der Waals surface area contributed by atoms with E-state index in [1.807, 2.05) is 29.2 Å². The molecule has 13 heavy (non-hydrogen) atoms. The van der Waals surface area contributed by atoms with E-state index in [1.165, 1.54) is 0 Å². The molecule has 0 aromatic carbocycles. The highest BCUT2D eigenvalue weighted by Gasteiger charge is 2.26. The van der Waals surface area contributed by atoms with Crippen molar-refractivity contribution < 1.29 is 4.79 Å². The molecular formula is C10H14N2O. The smallest absolute Gasteiger partial charge is 0.230 e. The zero-order valence-electron chi connectivity index (χ0n) is 7.52. The molecule has 0 fully saturated rings. The Hall–Kier alpha value is -1.09. The first kappa shape index (κ1) is 8.51. The molecule has 0 aromatic heterocycles. The van der Waals surface area contributed by atoms with Crippen molar-refractivity contribution >= 4 is 5.91 Å². The van der Waals surface area contributed by atoms with E-state index in [1.54, 1.807) is 0 Å². The molecule has 2 N–H and O–H groups in total. The Morgan fingerprint density at radius 3 is 2.54 bits per heavy atom. The molecule has 2 atom stereocenters. The molecule has 2 unspecified atom stereocenters.